The van der Waals surface area contributed by atoms with E-state index in [1.807, 2.05) is 0 Å². The molecule has 2 N–H and O–H groups in total. The van der Waals surface area contributed by atoms with Crippen molar-refractivity contribution in [3.8, 4) is 0 Å². The number of aliphatic hydroxyl groups excluding tert-OH is 1. The number of hydrogen-bond donors (Lipinski definition) is 2. The molecule has 0 aliphatic heterocycles. The van der Waals surface area contributed by atoms with Gasteiger partial charge >= 0.3 is 0 Å². The zero-order valence-electron chi connectivity index (χ0n) is 9.86. The molecule has 1 amide bonds. The molecule has 0 radical (unpaired) electrons. The summed E-state index contributed by atoms with van der Waals surface area (Å²) >= 11 is 11.8. The highest BCUT2D eigenvalue weighted by atomic mass is 35.5. The number of hydrogen-bond acceptors (Lipinski definition) is 2. The summed E-state index contributed by atoms with van der Waals surface area (Å²) in [7, 11) is 0. The molecule has 0 saturated heterocycles. The summed E-state index contributed by atoms with van der Waals surface area (Å²) in [6.07, 6.45) is 0. The van der Waals surface area contributed by atoms with E-state index in [1.165, 1.54) is 0 Å². The number of anilines is 1. The number of amides is 1. The van der Waals surface area contributed by atoms with Crippen LogP contribution in [0.25, 0.3) is 0 Å². The molecule has 3 nitrogen and oxygen atoms in total. The minimum atomic E-state index is -0.270. The van der Waals surface area contributed by atoms with Crippen LogP contribution in [0.1, 0.15) is 15.9 Å². The van der Waals surface area contributed by atoms with Crippen molar-refractivity contribution in [1.82, 2.24) is 0 Å². The standard InChI is InChI=1S/C14H11Cl2NO2/c15-11-5-6-13(12(16)7-11)17-14(19)10-3-1-9(8-18)2-4-10/h1-7,18H,8H2,(H,17,19). The fraction of sp³-hybridized carbons (Fsp3) is 0.0714. The molecule has 2 aromatic carbocycles. The Kier molecular flexibility index (Phi) is 4.43. The van der Waals surface area contributed by atoms with Gasteiger partial charge in [0, 0.05) is 10.6 Å². The maximum atomic E-state index is 12.0. The first-order chi connectivity index (χ1) is 9.10. The van der Waals surface area contributed by atoms with Gasteiger partial charge < -0.3 is 10.4 Å². The Balaban J connectivity index is 2.15. The van der Waals surface area contributed by atoms with E-state index < -0.39 is 0 Å². The third-order valence-corrected chi connectivity index (χ3v) is 3.13. The van der Waals surface area contributed by atoms with Crippen molar-refractivity contribution >= 4 is 34.8 Å². The molecule has 0 spiro atoms. The van der Waals surface area contributed by atoms with Gasteiger partial charge in [0.1, 0.15) is 0 Å². The first kappa shape index (κ1) is 13.9. The number of halogens is 2. The van der Waals surface area contributed by atoms with Gasteiger partial charge in [-0.2, -0.15) is 0 Å². The minimum Gasteiger partial charge on any atom is -0.392 e. The summed E-state index contributed by atoms with van der Waals surface area (Å²) < 4.78 is 0. The Bertz CT molecular complexity index is 597. The quantitative estimate of drug-likeness (QED) is 0.906. The average Bonchev–Trinajstić information content (AvgIpc) is 2.42. The van der Waals surface area contributed by atoms with Gasteiger partial charge in [-0.05, 0) is 35.9 Å². The van der Waals surface area contributed by atoms with Gasteiger partial charge in [0.05, 0.1) is 17.3 Å². The van der Waals surface area contributed by atoms with Crippen molar-refractivity contribution in [2.45, 2.75) is 6.61 Å². The van der Waals surface area contributed by atoms with Crippen LogP contribution in [0.4, 0.5) is 5.69 Å². The van der Waals surface area contributed by atoms with Crippen LogP contribution in [-0.4, -0.2) is 11.0 Å². The van der Waals surface area contributed by atoms with Crippen molar-refractivity contribution in [1.29, 1.82) is 0 Å². The lowest BCUT2D eigenvalue weighted by Gasteiger charge is -2.08. The molecule has 0 aromatic heterocycles. The van der Waals surface area contributed by atoms with Crippen LogP contribution in [0.3, 0.4) is 0 Å². The fourth-order valence-electron chi connectivity index (χ4n) is 1.55. The normalized spacial score (nSPS) is 10.3. The number of carbonyl (C=O) groups is 1. The largest absolute Gasteiger partial charge is 0.392 e. The summed E-state index contributed by atoms with van der Waals surface area (Å²) in [6, 6.07) is 11.5. The first-order valence-corrected chi connectivity index (χ1v) is 6.32. The van der Waals surface area contributed by atoms with Gasteiger partial charge in [-0.15, -0.1) is 0 Å². The lowest BCUT2D eigenvalue weighted by Crippen LogP contribution is -2.12. The summed E-state index contributed by atoms with van der Waals surface area (Å²) in [5.41, 5.74) is 1.74. The third kappa shape index (κ3) is 3.47. The molecule has 0 unspecified atom stereocenters. The zero-order valence-corrected chi connectivity index (χ0v) is 11.4. The molecule has 2 aromatic rings. The van der Waals surface area contributed by atoms with Crippen LogP contribution in [0.5, 0.6) is 0 Å². The molecule has 0 aliphatic carbocycles. The molecule has 0 atom stereocenters. The average molecular weight is 296 g/mol. The second-order valence-corrected chi connectivity index (χ2v) is 4.78. The van der Waals surface area contributed by atoms with E-state index in [-0.39, 0.29) is 12.5 Å². The van der Waals surface area contributed by atoms with Crippen molar-refractivity contribution in [2.75, 3.05) is 5.32 Å². The first-order valence-electron chi connectivity index (χ1n) is 5.56. The number of carbonyl (C=O) groups excluding carboxylic acids is 1. The number of aliphatic hydroxyl groups is 1. The summed E-state index contributed by atoms with van der Waals surface area (Å²) in [6.45, 7) is -0.0507. The van der Waals surface area contributed by atoms with Crippen molar-refractivity contribution in [2.24, 2.45) is 0 Å². The van der Waals surface area contributed by atoms with Crippen molar-refractivity contribution in [3.63, 3.8) is 0 Å². The van der Waals surface area contributed by atoms with Crippen LogP contribution >= 0.6 is 23.2 Å². The van der Waals surface area contributed by atoms with E-state index in [1.54, 1.807) is 42.5 Å². The van der Waals surface area contributed by atoms with Gasteiger partial charge in [-0.1, -0.05) is 35.3 Å². The second-order valence-electron chi connectivity index (χ2n) is 3.93. The van der Waals surface area contributed by atoms with Gasteiger partial charge in [0.25, 0.3) is 5.91 Å². The Morgan fingerprint density at radius 1 is 1.11 bits per heavy atom. The maximum Gasteiger partial charge on any atom is 0.255 e. The van der Waals surface area contributed by atoms with Crippen LogP contribution in [-0.2, 0) is 6.61 Å². The SMILES string of the molecule is O=C(Nc1ccc(Cl)cc1Cl)c1ccc(CO)cc1. The lowest BCUT2D eigenvalue weighted by molar-refractivity contribution is 0.102. The van der Waals surface area contributed by atoms with Gasteiger partial charge in [-0.3, -0.25) is 4.79 Å². The van der Waals surface area contributed by atoms with Crippen molar-refractivity contribution in [3.05, 3.63) is 63.6 Å². The molecule has 98 valence electrons. The van der Waals surface area contributed by atoms with Gasteiger partial charge in [0.15, 0.2) is 0 Å². The Labute approximate surface area is 120 Å². The highest BCUT2D eigenvalue weighted by Gasteiger charge is 2.08. The van der Waals surface area contributed by atoms with E-state index in [9.17, 15) is 4.79 Å². The summed E-state index contributed by atoms with van der Waals surface area (Å²) in [5, 5.41) is 12.5. The van der Waals surface area contributed by atoms with E-state index in [0.29, 0.717) is 21.3 Å². The number of benzene rings is 2. The van der Waals surface area contributed by atoms with E-state index in [2.05, 4.69) is 5.32 Å². The Morgan fingerprint density at radius 3 is 2.37 bits per heavy atom. The predicted octanol–water partition coefficient (Wildman–Crippen LogP) is 3.74. The number of nitrogens with one attached hydrogen (secondary N) is 1. The molecular formula is C14H11Cl2NO2. The second kappa shape index (κ2) is 6.06. The Hall–Kier alpha value is -1.55. The topological polar surface area (TPSA) is 49.3 Å². The lowest BCUT2D eigenvalue weighted by atomic mass is 10.1. The zero-order chi connectivity index (χ0) is 13.8. The predicted molar refractivity (Wildman–Crippen MR) is 76.8 cm³/mol. The summed E-state index contributed by atoms with van der Waals surface area (Å²) in [5.74, 6) is -0.270. The van der Waals surface area contributed by atoms with Crippen LogP contribution in [0.15, 0.2) is 42.5 Å². The molecule has 0 saturated carbocycles. The van der Waals surface area contributed by atoms with Crippen LogP contribution < -0.4 is 5.32 Å². The van der Waals surface area contributed by atoms with Gasteiger partial charge in [0.2, 0.25) is 0 Å². The highest BCUT2D eigenvalue weighted by molar-refractivity contribution is 6.36. The smallest absolute Gasteiger partial charge is 0.255 e. The van der Waals surface area contributed by atoms with Crippen LogP contribution in [0.2, 0.25) is 10.0 Å². The fourth-order valence-corrected chi connectivity index (χ4v) is 2.00. The molecule has 5 heteroatoms. The summed E-state index contributed by atoms with van der Waals surface area (Å²) in [4.78, 5) is 12.0. The van der Waals surface area contributed by atoms with Gasteiger partial charge in [-0.25, -0.2) is 0 Å². The van der Waals surface area contributed by atoms with E-state index in [0.717, 1.165) is 5.56 Å². The van der Waals surface area contributed by atoms with Crippen LogP contribution in [0, 0.1) is 0 Å². The molecule has 0 aliphatic rings. The molecule has 0 fully saturated rings. The minimum absolute atomic E-state index is 0.0507. The molecule has 0 heterocycles. The third-order valence-electron chi connectivity index (χ3n) is 2.58. The number of rotatable bonds is 3. The molecule has 19 heavy (non-hydrogen) atoms. The van der Waals surface area contributed by atoms with E-state index >= 15 is 0 Å². The Morgan fingerprint density at radius 2 is 1.79 bits per heavy atom. The maximum absolute atomic E-state index is 12.0. The molecule has 0 bridgehead atoms. The monoisotopic (exact) mass is 295 g/mol. The van der Waals surface area contributed by atoms with E-state index in [4.69, 9.17) is 28.3 Å². The molecular weight excluding hydrogens is 285 g/mol. The van der Waals surface area contributed by atoms with Crippen molar-refractivity contribution < 1.29 is 9.90 Å². The molecule has 2 rings (SSSR count). The highest BCUT2D eigenvalue weighted by Crippen LogP contribution is 2.25.